The van der Waals surface area contributed by atoms with Gasteiger partial charge in [-0.15, -0.1) is 0 Å². The molecule has 0 aromatic heterocycles. The predicted molar refractivity (Wildman–Crippen MR) is 360 cm³/mol. The Kier molecular flexibility index (Phi) is 5.62. The van der Waals surface area contributed by atoms with Gasteiger partial charge in [-0.3, -0.25) is 0 Å². The van der Waals surface area contributed by atoms with Crippen molar-refractivity contribution in [1.29, 1.82) is 0 Å². The standard InChI is InChI=1S/C19H32.C15H24.C12H18.3C11H16/c1-13-15(18(5,6)7)11-14(17(2,3)4)12-16(13)19(8,9)10;1-11-8-12(14(2,3)4)10-13(9-11)15(5,6)7;1-9-7-6-8-11(10(9)2)12(3,4)5;1-9-5-7-10(8-6-9)11(2,3)4;1-9-6-5-7-10(8-9)11(2,3)4;1-9-7-5-6-8-10(9)11(2,3)4/h11-12H,1-10H3;8-10H,1-7H3;6-8H,1-5H3;3*5-8H,1-4H3/i2D3,3D3,4D3,5D3,6D3,7D3,8D3,9D3,10D3;2D3,3D3,4D3,5D3,6D3,7D3;1D3,3D3,4D3,5D3;3*2D3,3D3,4D3. The van der Waals surface area contributed by atoms with E-state index >= 15 is 0 Å². The van der Waals surface area contributed by atoms with Gasteiger partial charge in [0.15, 0.2) is 0 Å². The molecule has 0 saturated carbocycles. The van der Waals surface area contributed by atoms with E-state index in [1.54, 1.807) is 26.0 Å². The summed E-state index contributed by atoms with van der Waals surface area (Å²) in [5.41, 5.74) is -39.7. The van der Waals surface area contributed by atoms with Gasteiger partial charge in [-0.2, -0.15) is 0 Å². The van der Waals surface area contributed by atoms with Crippen LogP contribution in [0.1, 0.15) is 389 Å². The molecule has 0 unspecified atom stereocenters. The average Bonchev–Trinajstić information content (AvgIpc) is 0.667. The molecule has 438 valence electrons. The van der Waals surface area contributed by atoms with Gasteiger partial charge in [0.05, 0.1) is 0 Å². The van der Waals surface area contributed by atoms with Crippen LogP contribution in [-0.4, -0.2) is 0 Å². The molecule has 79 heavy (non-hydrogen) atoms. The summed E-state index contributed by atoms with van der Waals surface area (Å²) in [6, 6.07) is 22.8. The smallest absolute Gasteiger partial charge is 0.0280 e. The second-order valence-electron chi connectivity index (χ2n) is 18.6. The Morgan fingerprint density at radius 1 is 0.228 bits per heavy atom. The van der Waals surface area contributed by atoms with Crippen molar-refractivity contribution in [2.45, 2.75) is 282 Å². The van der Waals surface area contributed by atoms with Crippen LogP contribution in [0.5, 0.6) is 0 Å². The van der Waals surface area contributed by atoms with E-state index in [0.717, 1.165) is 23.8 Å². The molecule has 0 aliphatic heterocycles. The van der Waals surface area contributed by atoms with E-state index in [0.29, 0.717) is 24.1 Å². The zero-order valence-electron chi connectivity index (χ0n) is 128. The Balaban J connectivity index is 0.00000101. The molecule has 0 spiro atoms. The van der Waals surface area contributed by atoms with Crippen molar-refractivity contribution >= 4 is 0 Å². The zero-order valence-corrected chi connectivity index (χ0v) is 44.0. The Morgan fingerprint density at radius 2 is 0.582 bits per heavy atom. The van der Waals surface area contributed by atoms with Gasteiger partial charge in [-0.25, -0.2) is 0 Å². The molecule has 0 fully saturated rings. The van der Waals surface area contributed by atoms with Crippen molar-refractivity contribution in [2.75, 3.05) is 0 Å². The molecule has 6 aromatic carbocycles. The predicted octanol–water partition coefficient (Wildman–Crippen LogP) is 24.0. The van der Waals surface area contributed by atoms with Gasteiger partial charge in [-0.1, -0.05) is 323 Å². The molecule has 0 aliphatic rings. The van der Waals surface area contributed by atoms with Crippen molar-refractivity contribution in [2.24, 2.45) is 0 Å². The minimum Gasteiger partial charge on any atom is -0.0620 e. The van der Waals surface area contributed by atoms with Crippen molar-refractivity contribution in [1.82, 2.24) is 0 Å². The lowest BCUT2D eigenvalue weighted by atomic mass is 9.73. The molecule has 0 bridgehead atoms. The van der Waals surface area contributed by atoms with Gasteiger partial charge in [0.25, 0.3) is 0 Å². The molecular weight excluding hydrogens is 949 g/mol. The highest BCUT2D eigenvalue weighted by molar-refractivity contribution is 5.47. The summed E-state index contributed by atoms with van der Waals surface area (Å²) >= 11 is 0. The van der Waals surface area contributed by atoms with Crippen molar-refractivity contribution < 1.29 is 115 Å². The van der Waals surface area contributed by atoms with Gasteiger partial charge in [-0.05, 0) is 169 Å². The third-order valence-corrected chi connectivity index (χ3v) is 10.8. The minimum atomic E-state index is -4.24. The lowest BCUT2D eigenvalue weighted by Gasteiger charge is -2.32. The molecule has 0 aliphatic carbocycles. The maximum absolute atomic E-state index is 8.12. The van der Waals surface area contributed by atoms with Crippen LogP contribution >= 0.6 is 0 Å². The minimum absolute atomic E-state index is 0.0539. The van der Waals surface area contributed by atoms with E-state index in [1.807, 2.05) is 0 Å². The van der Waals surface area contributed by atoms with E-state index in [4.69, 9.17) is 115 Å². The molecule has 0 saturated heterocycles. The Morgan fingerprint density at radius 3 is 1.01 bits per heavy atom. The molecule has 0 N–H and O–H groups in total. The second kappa shape index (κ2) is 27.9. The van der Waals surface area contributed by atoms with Gasteiger partial charge >= 0.3 is 0 Å². The highest BCUT2D eigenvalue weighted by Gasteiger charge is 2.27. The summed E-state index contributed by atoms with van der Waals surface area (Å²) in [7, 11) is 0. The Hall–Kier alpha value is -4.68. The number of rotatable bonds is 0. The number of hydrogen-bond donors (Lipinski definition) is 0. The molecule has 6 aromatic rings. The summed E-state index contributed by atoms with van der Waals surface area (Å²) in [5, 5.41) is 0. The summed E-state index contributed by atoms with van der Waals surface area (Å²) in [6.07, 6.45) is 0. The third-order valence-electron chi connectivity index (χ3n) is 10.8. The molecule has 0 atom stereocenters. The van der Waals surface area contributed by atoms with E-state index in [2.05, 4.69) is 0 Å². The molecule has 0 nitrogen and oxygen atoms in total. The van der Waals surface area contributed by atoms with E-state index < -0.39 is 280 Å². The van der Waals surface area contributed by atoms with Gasteiger partial charge in [0.2, 0.25) is 0 Å². The Labute approximate surface area is 609 Å². The van der Waals surface area contributed by atoms with Crippen molar-refractivity contribution in [3.05, 3.63) is 210 Å². The van der Waals surface area contributed by atoms with Crippen LogP contribution in [0.3, 0.4) is 0 Å². The topological polar surface area (TPSA) is 0 Å². The Bertz CT molecular complexity index is 5500. The summed E-state index contributed by atoms with van der Waals surface area (Å²) in [5.74, 6) is 0. The number of benzene rings is 6. The monoisotopic (exact) mass is 1160 g/mol. The van der Waals surface area contributed by atoms with Crippen LogP contribution < -0.4 is 0 Å². The highest BCUT2D eigenvalue weighted by Crippen LogP contribution is 2.38. The average molecular weight is 1160 g/mol. The summed E-state index contributed by atoms with van der Waals surface area (Å²) in [4.78, 5) is 0. The van der Waals surface area contributed by atoms with Crippen LogP contribution in [0.25, 0.3) is 0 Å². The highest BCUT2D eigenvalue weighted by atomic mass is 14.3. The lowest BCUT2D eigenvalue weighted by molar-refractivity contribution is 0.542. The maximum Gasteiger partial charge on any atom is 0.0280 e. The largest absolute Gasteiger partial charge is 0.0620 e. The fourth-order valence-electron chi connectivity index (χ4n) is 6.64. The fourth-order valence-corrected chi connectivity index (χ4v) is 6.64. The number of hydrogen-bond acceptors (Lipinski definition) is 0. The normalized spacial score (nSPS) is 32.6. The molecule has 0 amide bonds. The first kappa shape index (κ1) is 15.9. The van der Waals surface area contributed by atoms with Gasteiger partial charge in [0, 0.05) is 115 Å². The molecular formula is C79H122. The van der Waals surface area contributed by atoms with Crippen LogP contribution in [0.2, 0.25) is 0 Å². The maximum atomic E-state index is 8.12. The molecule has 0 radical (unpaired) electrons. The zero-order chi connectivity index (χ0) is 132. The fraction of sp³-hybridized carbons (Fsp3) is 0.544. The molecule has 6 rings (SSSR count). The second-order valence-corrected chi connectivity index (χ2v) is 18.6. The first-order valence-electron chi connectivity index (χ1n) is 64.9. The quantitative estimate of drug-likeness (QED) is 0.142. The van der Waals surface area contributed by atoms with Crippen LogP contribution in [-0.2, 0) is 48.7 Å². The third kappa shape index (κ3) is 24.9. The summed E-state index contributed by atoms with van der Waals surface area (Å²) < 4.78 is 656. The van der Waals surface area contributed by atoms with Gasteiger partial charge < -0.3 is 0 Å². The van der Waals surface area contributed by atoms with Crippen molar-refractivity contribution in [3.63, 3.8) is 0 Å². The first-order chi connectivity index (χ1) is 70.2. The van der Waals surface area contributed by atoms with E-state index in [-0.39, 0.29) is 45.5 Å². The SMILES string of the molecule is [2H]C([2H])([2H])C(c1cc(C(C([2H])([2H])[2H])(C([2H])([2H])[2H])C([2H])([2H])[2H])c(C)c(C(C([2H])([2H])[2H])(C([2H])([2H])[2H])C([2H])([2H])[2H])c1)(C([2H])([2H])[2H])C([2H])([2H])[2H].[2H]C([2H])([2H])C(c1cc(C)cc(C(C([2H])([2H])[2H])(C([2H])([2H])[2H])C([2H])([2H])[2H])c1)(C([2H])([2H])[2H])C([2H])([2H])[2H].[2H]C([2H])([2H])C(c1ccc(C)cc1)(C([2H])([2H])[2H])C([2H])([2H])[2H].[2H]C([2H])([2H])C(c1cccc(C)c1)(C([2H])([2H])[2H])C([2H])([2H])[2H].[2H]C([2H])([2H])C(c1ccccc1C)(C([2H])([2H])[2H])C([2H])([2H])[2H].[2H]C([2H])([2H])c1cccc(C(C([2H])([2H])[2H])(C([2H])([2H])[2H])C([2H])([2H])[2H])c1C. The van der Waals surface area contributed by atoms with Gasteiger partial charge in [0.1, 0.15) is 0 Å². The van der Waals surface area contributed by atoms with E-state index in [1.165, 1.54) is 93.6 Å². The lowest BCUT2D eigenvalue weighted by Crippen LogP contribution is -2.23. The summed E-state index contributed by atoms with van der Waals surface area (Å²) in [6.45, 7) is -94.0. The van der Waals surface area contributed by atoms with Crippen molar-refractivity contribution in [3.8, 4) is 0 Å². The number of aryl methyl sites for hydroxylation is 5. The van der Waals surface area contributed by atoms with Crippen LogP contribution in [0.15, 0.2) is 121 Å². The molecule has 0 heteroatoms. The van der Waals surface area contributed by atoms with Crippen LogP contribution in [0, 0.1) is 48.4 Å². The van der Waals surface area contributed by atoms with E-state index in [9.17, 15) is 0 Å². The molecule has 0 heterocycles. The van der Waals surface area contributed by atoms with Crippen LogP contribution in [0.4, 0.5) is 0 Å². The first-order valence-corrected chi connectivity index (χ1v) is 22.9.